The van der Waals surface area contributed by atoms with Gasteiger partial charge in [-0.2, -0.15) is 0 Å². The molecule has 2 amide bonds. The molecule has 41 heavy (non-hydrogen) atoms. The number of thiophene rings is 1. The van der Waals surface area contributed by atoms with Crippen molar-refractivity contribution in [1.82, 2.24) is 0 Å². The summed E-state index contributed by atoms with van der Waals surface area (Å²) in [7, 11) is 1.36. The van der Waals surface area contributed by atoms with Crippen LogP contribution in [0.15, 0.2) is 77.7 Å². The van der Waals surface area contributed by atoms with Crippen LogP contribution in [0, 0.1) is 0 Å². The second-order valence-corrected chi connectivity index (χ2v) is 12.5. The summed E-state index contributed by atoms with van der Waals surface area (Å²) in [4.78, 5) is 40.3. The number of amides is 2. The molecule has 0 fully saturated rings. The molecule has 3 aromatic carbocycles. The third-order valence-electron chi connectivity index (χ3n) is 6.82. The summed E-state index contributed by atoms with van der Waals surface area (Å²) in [6, 6.07) is 22.2. The normalized spacial score (nSPS) is 14.2. The zero-order valence-corrected chi connectivity index (χ0v) is 25.2. The Bertz CT molecular complexity index is 1610. The maximum absolute atomic E-state index is 13.0. The van der Waals surface area contributed by atoms with Crippen molar-refractivity contribution in [3.63, 3.8) is 0 Å². The lowest BCUT2D eigenvalue weighted by Gasteiger charge is -2.22. The largest absolute Gasteiger partial charge is 0.465 e. The second-order valence-electron chi connectivity index (χ2n) is 9.49. The van der Waals surface area contributed by atoms with Gasteiger partial charge in [-0.15, -0.1) is 23.1 Å². The third-order valence-corrected chi connectivity index (χ3v) is 9.53. The van der Waals surface area contributed by atoms with E-state index in [1.807, 2.05) is 24.3 Å². The van der Waals surface area contributed by atoms with E-state index in [9.17, 15) is 14.4 Å². The fourth-order valence-corrected chi connectivity index (χ4v) is 7.43. The number of thioether (sulfide) groups is 1. The number of benzene rings is 3. The van der Waals surface area contributed by atoms with E-state index in [-0.39, 0.29) is 22.6 Å². The number of anilines is 2. The van der Waals surface area contributed by atoms with Crippen molar-refractivity contribution in [3.05, 3.63) is 110 Å². The van der Waals surface area contributed by atoms with Crippen molar-refractivity contribution < 1.29 is 19.1 Å². The quantitative estimate of drug-likeness (QED) is 0.153. The smallest absolute Gasteiger partial charge is 0.341 e. The molecule has 0 aliphatic heterocycles. The summed E-state index contributed by atoms with van der Waals surface area (Å²) in [5.74, 6) is -0.543. The fraction of sp³-hybridized carbons (Fsp3) is 0.194. The number of rotatable bonds is 8. The van der Waals surface area contributed by atoms with E-state index >= 15 is 0 Å². The zero-order chi connectivity index (χ0) is 28.9. The van der Waals surface area contributed by atoms with Crippen LogP contribution in [0.4, 0.5) is 10.7 Å². The minimum Gasteiger partial charge on any atom is -0.465 e. The van der Waals surface area contributed by atoms with Gasteiger partial charge in [-0.3, -0.25) is 9.59 Å². The first kappa shape index (κ1) is 29.2. The predicted molar refractivity (Wildman–Crippen MR) is 167 cm³/mol. The van der Waals surface area contributed by atoms with Gasteiger partial charge in [-0.1, -0.05) is 59.6 Å². The molecule has 6 nitrogen and oxygen atoms in total. The van der Waals surface area contributed by atoms with Gasteiger partial charge in [-0.25, -0.2) is 4.79 Å². The molecule has 0 saturated carbocycles. The van der Waals surface area contributed by atoms with Crippen molar-refractivity contribution in [2.45, 2.75) is 30.1 Å². The van der Waals surface area contributed by atoms with E-state index in [2.05, 4.69) is 22.8 Å². The molecule has 1 aliphatic carbocycles. The highest BCUT2D eigenvalue weighted by Gasteiger charge is 2.30. The Balaban J connectivity index is 1.24. The molecule has 0 spiro atoms. The number of esters is 1. The Morgan fingerprint density at radius 3 is 2.56 bits per heavy atom. The number of hydrogen-bond donors (Lipinski definition) is 2. The van der Waals surface area contributed by atoms with E-state index < -0.39 is 5.97 Å². The van der Waals surface area contributed by atoms with Gasteiger partial charge in [0.05, 0.1) is 29.0 Å². The molecular weight excluding hydrogens is 599 g/mol. The third kappa shape index (κ3) is 6.96. The highest BCUT2D eigenvalue weighted by Crippen LogP contribution is 2.43. The molecule has 0 saturated heterocycles. The Kier molecular flexibility index (Phi) is 9.35. The molecule has 4 aromatic rings. The predicted octanol–water partition coefficient (Wildman–Crippen LogP) is 8.10. The van der Waals surface area contributed by atoms with Crippen molar-refractivity contribution in [2.24, 2.45) is 0 Å². The number of fused-ring (bicyclic) bond motifs is 1. The second kappa shape index (κ2) is 13.1. The number of nitrogens with one attached hydrogen (secondary N) is 2. The van der Waals surface area contributed by atoms with E-state index in [1.165, 1.54) is 41.8 Å². The molecule has 1 aliphatic rings. The number of ether oxygens (including phenoxy) is 1. The molecule has 0 radical (unpaired) electrons. The van der Waals surface area contributed by atoms with Gasteiger partial charge in [0.25, 0.3) is 5.91 Å². The van der Waals surface area contributed by atoms with Gasteiger partial charge < -0.3 is 15.4 Å². The van der Waals surface area contributed by atoms with Crippen molar-refractivity contribution in [3.8, 4) is 0 Å². The first-order valence-electron chi connectivity index (χ1n) is 12.9. The Hall–Kier alpha value is -3.30. The Morgan fingerprint density at radius 1 is 1.00 bits per heavy atom. The van der Waals surface area contributed by atoms with Gasteiger partial charge >= 0.3 is 5.97 Å². The summed E-state index contributed by atoms with van der Waals surface area (Å²) >= 11 is 14.9. The van der Waals surface area contributed by atoms with Gasteiger partial charge in [0.1, 0.15) is 5.00 Å². The molecule has 1 unspecified atom stereocenters. The Labute approximate surface area is 256 Å². The number of carbonyl (C=O) groups is 3. The van der Waals surface area contributed by atoms with Crippen LogP contribution in [0.5, 0.6) is 0 Å². The molecule has 5 rings (SSSR count). The number of halogens is 2. The van der Waals surface area contributed by atoms with Gasteiger partial charge in [0.15, 0.2) is 0 Å². The Morgan fingerprint density at radius 2 is 1.80 bits per heavy atom. The number of carbonyl (C=O) groups excluding carboxylic acids is 3. The van der Waals surface area contributed by atoms with Crippen LogP contribution in [0.25, 0.3) is 0 Å². The lowest BCUT2D eigenvalue weighted by Crippen LogP contribution is -2.17. The van der Waals surface area contributed by atoms with Crippen LogP contribution < -0.4 is 10.6 Å². The molecule has 210 valence electrons. The monoisotopic (exact) mass is 624 g/mol. The van der Waals surface area contributed by atoms with E-state index in [0.29, 0.717) is 32.8 Å². The lowest BCUT2D eigenvalue weighted by molar-refractivity contribution is -0.113. The van der Waals surface area contributed by atoms with Gasteiger partial charge in [-0.05, 0) is 72.7 Å². The molecule has 10 heteroatoms. The maximum atomic E-state index is 13.0. The van der Waals surface area contributed by atoms with Gasteiger partial charge in [0, 0.05) is 20.5 Å². The molecule has 0 bridgehead atoms. The minimum absolute atomic E-state index is 0.121. The minimum atomic E-state index is -0.437. The lowest BCUT2D eigenvalue weighted by atomic mass is 9.83. The zero-order valence-electron chi connectivity index (χ0n) is 22.0. The molecule has 1 atom stereocenters. The van der Waals surface area contributed by atoms with E-state index in [4.69, 9.17) is 27.9 Å². The highest BCUT2D eigenvalue weighted by molar-refractivity contribution is 8.00. The molecule has 1 heterocycles. The summed E-state index contributed by atoms with van der Waals surface area (Å²) in [5, 5.41) is 7.01. The van der Waals surface area contributed by atoms with E-state index in [0.717, 1.165) is 34.6 Å². The van der Waals surface area contributed by atoms with Crippen LogP contribution in [0.3, 0.4) is 0 Å². The highest BCUT2D eigenvalue weighted by atomic mass is 35.5. The topological polar surface area (TPSA) is 84.5 Å². The SMILES string of the molecule is COC(=O)c1c(NC(=O)CSc2cccc(NC(=O)c3ccc(Cl)cc3Cl)c2)sc2c1CCC(c1ccccc1)C2. The standard InChI is InChI=1S/C31H26Cl2N2O4S2/c1-39-31(38)28-24-12-10-19(18-6-3-2-4-7-18)14-26(24)41-30(28)35-27(36)17-40-22-9-5-8-21(16-22)34-29(37)23-13-11-20(32)15-25(23)33/h2-9,11,13,15-16,19H,10,12,14,17H2,1H3,(H,34,37)(H,35,36). The number of methoxy groups -OCH3 is 1. The van der Waals surface area contributed by atoms with E-state index in [1.54, 1.807) is 30.3 Å². The van der Waals surface area contributed by atoms with Crippen LogP contribution in [0.2, 0.25) is 10.0 Å². The average Bonchev–Trinajstić information content (AvgIpc) is 3.33. The fourth-order valence-electron chi connectivity index (χ4n) is 4.85. The summed E-state index contributed by atoms with van der Waals surface area (Å²) in [6.07, 6.45) is 2.50. The number of hydrogen-bond acceptors (Lipinski definition) is 6. The van der Waals surface area contributed by atoms with Crippen LogP contribution in [-0.4, -0.2) is 30.6 Å². The van der Waals surface area contributed by atoms with Crippen LogP contribution in [-0.2, 0) is 22.4 Å². The van der Waals surface area contributed by atoms with Crippen molar-refractivity contribution >= 4 is 74.8 Å². The van der Waals surface area contributed by atoms with Crippen molar-refractivity contribution in [2.75, 3.05) is 23.5 Å². The molecule has 1 aromatic heterocycles. The molecular formula is C31H26Cl2N2O4S2. The first-order chi connectivity index (χ1) is 19.8. The van der Waals surface area contributed by atoms with Crippen LogP contribution >= 0.6 is 46.3 Å². The van der Waals surface area contributed by atoms with Crippen molar-refractivity contribution in [1.29, 1.82) is 0 Å². The van der Waals surface area contributed by atoms with Gasteiger partial charge in [0.2, 0.25) is 5.91 Å². The summed E-state index contributed by atoms with van der Waals surface area (Å²) in [5.41, 5.74) is 3.59. The summed E-state index contributed by atoms with van der Waals surface area (Å²) < 4.78 is 5.08. The van der Waals surface area contributed by atoms with Crippen LogP contribution in [0.1, 0.15) is 49.1 Å². The maximum Gasteiger partial charge on any atom is 0.341 e. The average molecular weight is 626 g/mol. The first-order valence-corrected chi connectivity index (χ1v) is 15.4. The summed E-state index contributed by atoms with van der Waals surface area (Å²) in [6.45, 7) is 0. The molecule has 2 N–H and O–H groups in total.